The van der Waals surface area contributed by atoms with Gasteiger partial charge < -0.3 is 14.8 Å². The third-order valence-electron chi connectivity index (χ3n) is 5.22. The van der Waals surface area contributed by atoms with Gasteiger partial charge in [0.2, 0.25) is 0 Å². The van der Waals surface area contributed by atoms with Crippen LogP contribution in [0.15, 0.2) is 83.9 Å². The molecule has 0 aliphatic rings. The number of sulfonamides is 1. The Morgan fingerprint density at radius 3 is 2.31 bits per heavy atom. The smallest absolute Gasteiger partial charge is 0.280 e. The predicted octanol–water partition coefficient (Wildman–Crippen LogP) is 4.25. The van der Waals surface area contributed by atoms with Crippen molar-refractivity contribution in [3.05, 3.63) is 90.3 Å². The summed E-state index contributed by atoms with van der Waals surface area (Å²) in [7, 11) is -1.06. The maximum atomic E-state index is 13.1. The monoisotopic (exact) mass is 492 g/mol. The molecule has 2 N–H and O–H groups in total. The quantitative estimate of drug-likeness (QED) is 0.380. The third-order valence-corrected chi connectivity index (χ3v) is 6.73. The molecule has 9 nitrogen and oxygen atoms in total. The van der Waals surface area contributed by atoms with Gasteiger partial charge in [-0.25, -0.2) is 13.1 Å². The average molecular weight is 493 g/mol. The van der Waals surface area contributed by atoms with Gasteiger partial charge in [0.15, 0.2) is 11.4 Å². The highest BCUT2D eigenvalue weighted by Crippen LogP contribution is 2.29. The second-order valence-electron chi connectivity index (χ2n) is 7.57. The summed E-state index contributed by atoms with van der Waals surface area (Å²) >= 11 is 0. The number of benzene rings is 3. The molecule has 0 bridgehead atoms. The summed E-state index contributed by atoms with van der Waals surface area (Å²) in [5.74, 6) is 0.129. The fraction of sp³-hybridized carbons (Fsp3) is 0.120. The number of ether oxygens (including phenoxy) is 2. The second-order valence-corrected chi connectivity index (χ2v) is 9.22. The molecule has 0 aliphatic heterocycles. The van der Waals surface area contributed by atoms with Crippen LogP contribution in [0.25, 0.3) is 5.69 Å². The van der Waals surface area contributed by atoms with Crippen molar-refractivity contribution >= 4 is 27.3 Å². The number of aromatic nitrogens is 2. The standard InChI is InChI=1S/C25H24N4O5S/c1-17-13-14-18(15-23(17)35(31,32)28-20-11-7-8-12-21(20)33-2)26-25(30)24-22(34-3)16-29(27-24)19-9-5-4-6-10-19/h4-16,28H,1-3H3,(H,26,30). The number of para-hydroxylation sites is 3. The number of anilines is 2. The number of hydrogen-bond acceptors (Lipinski definition) is 6. The van der Waals surface area contributed by atoms with E-state index in [0.717, 1.165) is 5.69 Å². The van der Waals surface area contributed by atoms with Crippen molar-refractivity contribution < 1.29 is 22.7 Å². The number of carbonyl (C=O) groups is 1. The Balaban J connectivity index is 1.61. The number of carbonyl (C=O) groups excluding carboxylic acids is 1. The molecule has 0 radical (unpaired) electrons. The summed E-state index contributed by atoms with van der Waals surface area (Å²) in [6.07, 6.45) is 1.60. The normalized spacial score (nSPS) is 11.1. The molecule has 0 saturated heterocycles. The number of rotatable bonds is 8. The summed E-state index contributed by atoms with van der Waals surface area (Å²) in [5, 5.41) is 7.06. The first-order chi connectivity index (χ1) is 16.8. The van der Waals surface area contributed by atoms with Crippen LogP contribution in [-0.4, -0.2) is 38.3 Å². The van der Waals surface area contributed by atoms with Crippen LogP contribution in [0.4, 0.5) is 11.4 Å². The van der Waals surface area contributed by atoms with Crippen molar-refractivity contribution in [1.82, 2.24) is 9.78 Å². The molecule has 180 valence electrons. The minimum atomic E-state index is -3.97. The summed E-state index contributed by atoms with van der Waals surface area (Å²) in [5.41, 5.74) is 1.93. The van der Waals surface area contributed by atoms with Crippen molar-refractivity contribution in [3.63, 3.8) is 0 Å². The van der Waals surface area contributed by atoms with Crippen LogP contribution < -0.4 is 19.5 Å². The molecule has 0 spiro atoms. The molecular formula is C25H24N4O5S. The first-order valence-electron chi connectivity index (χ1n) is 10.6. The van der Waals surface area contributed by atoms with Crippen molar-refractivity contribution in [3.8, 4) is 17.2 Å². The van der Waals surface area contributed by atoms with E-state index in [0.29, 0.717) is 17.0 Å². The van der Waals surface area contributed by atoms with Gasteiger partial charge in [0.25, 0.3) is 15.9 Å². The van der Waals surface area contributed by atoms with E-state index in [-0.39, 0.29) is 22.0 Å². The number of methoxy groups -OCH3 is 2. The first kappa shape index (κ1) is 23.8. The SMILES string of the molecule is COc1ccccc1NS(=O)(=O)c1cc(NC(=O)c2nn(-c3ccccc3)cc2OC)ccc1C. The maximum Gasteiger partial charge on any atom is 0.280 e. The molecule has 1 aromatic heterocycles. The summed E-state index contributed by atoms with van der Waals surface area (Å²) in [6.45, 7) is 1.67. The van der Waals surface area contributed by atoms with Crippen molar-refractivity contribution in [2.75, 3.05) is 24.3 Å². The molecule has 1 amide bonds. The summed E-state index contributed by atoms with van der Waals surface area (Å²) in [4.78, 5) is 13.0. The van der Waals surface area contributed by atoms with Crippen LogP contribution in [0.5, 0.6) is 11.5 Å². The summed E-state index contributed by atoms with van der Waals surface area (Å²) < 4.78 is 40.9. The average Bonchev–Trinajstić information content (AvgIpc) is 3.30. The molecule has 0 fully saturated rings. The van der Waals surface area contributed by atoms with Crippen molar-refractivity contribution in [2.24, 2.45) is 0 Å². The van der Waals surface area contributed by atoms with Gasteiger partial charge in [-0.1, -0.05) is 36.4 Å². The van der Waals surface area contributed by atoms with E-state index in [9.17, 15) is 13.2 Å². The molecule has 0 saturated carbocycles. The Bertz CT molecular complexity index is 1470. The largest absolute Gasteiger partial charge is 0.495 e. The Labute approximate surface area is 203 Å². The highest BCUT2D eigenvalue weighted by Gasteiger charge is 2.22. The fourth-order valence-electron chi connectivity index (χ4n) is 3.46. The van der Waals surface area contributed by atoms with Gasteiger partial charge in [-0.3, -0.25) is 9.52 Å². The van der Waals surface area contributed by atoms with Gasteiger partial charge in [-0.15, -0.1) is 0 Å². The van der Waals surface area contributed by atoms with Gasteiger partial charge in [0.1, 0.15) is 5.75 Å². The number of hydrogen-bond donors (Lipinski definition) is 2. The molecule has 35 heavy (non-hydrogen) atoms. The van der Waals surface area contributed by atoms with Gasteiger partial charge in [-0.05, 0) is 48.9 Å². The molecule has 10 heteroatoms. The van der Waals surface area contributed by atoms with Gasteiger partial charge in [0, 0.05) is 5.69 Å². The third kappa shape index (κ3) is 5.12. The van der Waals surface area contributed by atoms with E-state index >= 15 is 0 Å². The van der Waals surface area contributed by atoms with E-state index in [2.05, 4.69) is 15.1 Å². The maximum absolute atomic E-state index is 13.1. The Hall–Kier alpha value is -4.31. The lowest BCUT2D eigenvalue weighted by atomic mass is 10.2. The lowest BCUT2D eigenvalue weighted by Gasteiger charge is -2.14. The first-order valence-corrected chi connectivity index (χ1v) is 12.1. The second kappa shape index (κ2) is 9.90. The van der Waals surface area contributed by atoms with Crippen LogP contribution in [0.2, 0.25) is 0 Å². The molecule has 0 unspecified atom stereocenters. The van der Waals surface area contributed by atoms with Gasteiger partial charge in [0.05, 0.1) is 36.7 Å². The lowest BCUT2D eigenvalue weighted by molar-refractivity contribution is 0.101. The summed E-state index contributed by atoms with van der Waals surface area (Å²) in [6, 6.07) is 20.6. The van der Waals surface area contributed by atoms with E-state index in [1.807, 2.05) is 30.3 Å². The molecule has 4 aromatic rings. The molecular weight excluding hydrogens is 468 g/mol. The van der Waals surface area contributed by atoms with Crippen LogP contribution in [0, 0.1) is 6.92 Å². The van der Waals surface area contributed by atoms with Crippen LogP contribution in [-0.2, 0) is 10.0 Å². The zero-order valence-electron chi connectivity index (χ0n) is 19.3. The molecule has 3 aromatic carbocycles. The topological polar surface area (TPSA) is 112 Å². The fourth-order valence-corrected chi connectivity index (χ4v) is 4.81. The minimum absolute atomic E-state index is 0.0167. The Morgan fingerprint density at radius 2 is 1.60 bits per heavy atom. The molecule has 1 heterocycles. The minimum Gasteiger partial charge on any atom is -0.495 e. The van der Waals surface area contributed by atoms with E-state index in [1.54, 1.807) is 49.5 Å². The number of nitrogens with one attached hydrogen (secondary N) is 2. The van der Waals surface area contributed by atoms with E-state index in [4.69, 9.17) is 9.47 Å². The highest BCUT2D eigenvalue weighted by molar-refractivity contribution is 7.92. The Morgan fingerprint density at radius 1 is 0.914 bits per heavy atom. The zero-order valence-corrected chi connectivity index (χ0v) is 20.2. The molecule has 4 rings (SSSR count). The van der Waals surface area contributed by atoms with E-state index in [1.165, 1.54) is 25.0 Å². The van der Waals surface area contributed by atoms with Crippen molar-refractivity contribution in [2.45, 2.75) is 11.8 Å². The van der Waals surface area contributed by atoms with Crippen LogP contribution >= 0.6 is 0 Å². The highest BCUT2D eigenvalue weighted by atomic mass is 32.2. The van der Waals surface area contributed by atoms with Crippen molar-refractivity contribution in [1.29, 1.82) is 0 Å². The van der Waals surface area contributed by atoms with E-state index < -0.39 is 15.9 Å². The van der Waals surface area contributed by atoms with Gasteiger partial charge in [-0.2, -0.15) is 5.10 Å². The zero-order chi connectivity index (χ0) is 25.0. The number of nitrogens with zero attached hydrogens (tertiary/aromatic N) is 2. The predicted molar refractivity (Wildman–Crippen MR) is 133 cm³/mol. The molecule has 0 atom stereocenters. The Kier molecular flexibility index (Phi) is 6.74. The van der Waals surface area contributed by atoms with Crippen LogP contribution in [0.1, 0.15) is 16.1 Å². The van der Waals surface area contributed by atoms with Crippen LogP contribution in [0.3, 0.4) is 0 Å². The van der Waals surface area contributed by atoms with Gasteiger partial charge >= 0.3 is 0 Å². The molecule has 0 aliphatic carbocycles. The number of aryl methyl sites for hydroxylation is 1. The number of amides is 1. The lowest BCUT2D eigenvalue weighted by Crippen LogP contribution is -2.17.